The minimum absolute atomic E-state index is 0.104. The summed E-state index contributed by atoms with van der Waals surface area (Å²) in [7, 11) is 1.70. The molecule has 0 radical (unpaired) electrons. The second-order valence-electron chi connectivity index (χ2n) is 9.66. The fourth-order valence-corrected chi connectivity index (χ4v) is 3.81. The summed E-state index contributed by atoms with van der Waals surface area (Å²) >= 11 is 0. The van der Waals surface area contributed by atoms with E-state index in [1.165, 1.54) is 6.20 Å². The first-order valence-electron chi connectivity index (χ1n) is 11.3. The molecule has 1 aliphatic heterocycles. The van der Waals surface area contributed by atoms with Crippen LogP contribution in [0.1, 0.15) is 51.0 Å². The Kier molecular flexibility index (Phi) is 7.35. The first kappa shape index (κ1) is 25.3. The van der Waals surface area contributed by atoms with Crippen LogP contribution in [0.2, 0.25) is 0 Å². The molecule has 186 valence electrons. The Labute approximate surface area is 198 Å². The zero-order valence-electron chi connectivity index (χ0n) is 20.4. The number of hydrogen-bond donors (Lipinski definition) is 4. The summed E-state index contributed by atoms with van der Waals surface area (Å²) in [5, 5.41) is 5.95. The SMILES string of the molecule is COC1(C)CCN(c2c(N)c(=O)[nH]c3cnc(C(=O)NCCNC(=O)OC(C)(C)C)cc23)CC1. The first-order chi connectivity index (χ1) is 15.9. The number of aromatic amines is 1. The Morgan fingerprint density at radius 2 is 1.88 bits per heavy atom. The zero-order valence-corrected chi connectivity index (χ0v) is 20.4. The predicted octanol–water partition coefficient (Wildman–Crippen LogP) is 1.77. The number of carbonyl (C=O) groups is 2. The van der Waals surface area contributed by atoms with E-state index in [1.54, 1.807) is 33.9 Å². The van der Waals surface area contributed by atoms with Gasteiger partial charge in [-0.2, -0.15) is 0 Å². The highest BCUT2D eigenvalue weighted by Crippen LogP contribution is 2.34. The number of fused-ring (bicyclic) bond motifs is 1. The van der Waals surface area contributed by atoms with Gasteiger partial charge < -0.3 is 35.7 Å². The van der Waals surface area contributed by atoms with Gasteiger partial charge in [-0.3, -0.25) is 9.59 Å². The number of nitrogens with one attached hydrogen (secondary N) is 3. The molecule has 0 aliphatic carbocycles. The molecule has 1 aliphatic rings. The lowest BCUT2D eigenvalue weighted by Crippen LogP contribution is -2.44. The highest BCUT2D eigenvalue weighted by Gasteiger charge is 2.31. The van der Waals surface area contributed by atoms with Crippen molar-refractivity contribution in [1.29, 1.82) is 0 Å². The molecule has 2 amide bonds. The monoisotopic (exact) mass is 474 g/mol. The number of amides is 2. The molecule has 1 fully saturated rings. The van der Waals surface area contributed by atoms with E-state index in [9.17, 15) is 14.4 Å². The maximum absolute atomic E-state index is 12.7. The highest BCUT2D eigenvalue weighted by atomic mass is 16.6. The molecule has 0 spiro atoms. The zero-order chi connectivity index (χ0) is 25.1. The van der Waals surface area contributed by atoms with Gasteiger partial charge in [0.1, 0.15) is 17.0 Å². The maximum Gasteiger partial charge on any atom is 0.407 e. The summed E-state index contributed by atoms with van der Waals surface area (Å²) in [6.45, 7) is 9.09. The summed E-state index contributed by atoms with van der Waals surface area (Å²) < 4.78 is 10.8. The fourth-order valence-electron chi connectivity index (χ4n) is 3.81. The van der Waals surface area contributed by atoms with Crippen LogP contribution in [0.3, 0.4) is 0 Å². The van der Waals surface area contributed by atoms with Crippen molar-refractivity contribution in [3.05, 3.63) is 28.3 Å². The van der Waals surface area contributed by atoms with Crippen LogP contribution >= 0.6 is 0 Å². The maximum atomic E-state index is 12.7. The van der Waals surface area contributed by atoms with Crippen molar-refractivity contribution in [3.63, 3.8) is 0 Å². The highest BCUT2D eigenvalue weighted by molar-refractivity contribution is 6.02. The second-order valence-corrected chi connectivity index (χ2v) is 9.66. The Balaban J connectivity index is 1.75. The topological polar surface area (TPSA) is 152 Å². The van der Waals surface area contributed by atoms with Gasteiger partial charge in [0, 0.05) is 38.7 Å². The van der Waals surface area contributed by atoms with E-state index in [4.69, 9.17) is 15.2 Å². The fraction of sp³-hybridized carbons (Fsp3) is 0.565. The van der Waals surface area contributed by atoms with Gasteiger partial charge in [0.2, 0.25) is 0 Å². The van der Waals surface area contributed by atoms with Crippen molar-refractivity contribution in [2.75, 3.05) is 43.9 Å². The van der Waals surface area contributed by atoms with Gasteiger partial charge in [-0.1, -0.05) is 0 Å². The number of H-pyrrole nitrogens is 1. The van der Waals surface area contributed by atoms with Crippen molar-refractivity contribution < 1.29 is 19.1 Å². The largest absolute Gasteiger partial charge is 0.444 e. The summed E-state index contributed by atoms with van der Waals surface area (Å²) in [6.07, 6.45) is 2.46. The number of nitrogens with zero attached hydrogens (tertiary/aromatic N) is 2. The average molecular weight is 475 g/mol. The van der Waals surface area contributed by atoms with Gasteiger partial charge in [0.05, 0.1) is 23.0 Å². The molecule has 5 N–H and O–H groups in total. The van der Waals surface area contributed by atoms with Crippen LogP contribution < -0.4 is 26.8 Å². The number of aromatic nitrogens is 2. The third-order valence-electron chi connectivity index (χ3n) is 5.85. The molecule has 2 aromatic heterocycles. The van der Waals surface area contributed by atoms with Crippen LogP contribution in [-0.2, 0) is 9.47 Å². The third-order valence-corrected chi connectivity index (χ3v) is 5.85. The average Bonchev–Trinajstić information content (AvgIpc) is 2.77. The Morgan fingerprint density at radius 1 is 1.24 bits per heavy atom. The number of anilines is 2. The number of nitrogens with two attached hydrogens (primary N) is 1. The van der Waals surface area contributed by atoms with Crippen molar-refractivity contribution in [3.8, 4) is 0 Å². The van der Waals surface area contributed by atoms with Crippen LogP contribution in [0.25, 0.3) is 10.9 Å². The van der Waals surface area contributed by atoms with Crippen LogP contribution in [0.4, 0.5) is 16.2 Å². The molecule has 3 rings (SSSR count). The summed E-state index contributed by atoms with van der Waals surface area (Å²) in [6, 6.07) is 1.62. The molecule has 1 saturated heterocycles. The molecule has 0 saturated carbocycles. The standard InChI is InChI=1S/C23H34N6O5/c1-22(2,3)34-21(32)26-9-8-25-19(30)15-12-14-16(13-27-15)28-20(31)17(24)18(14)29-10-6-23(4,33-5)7-11-29/h12-13H,6-11,24H2,1-5H3,(H,25,30)(H,26,32)(H,28,31). The van der Waals surface area contributed by atoms with E-state index in [0.29, 0.717) is 29.7 Å². The minimum atomic E-state index is -0.598. The van der Waals surface area contributed by atoms with E-state index in [2.05, 4.69) is 32.4 Å². The van der Waals surface area contributed by atoms with Crippen molar-refractivity contribution in [1.82, 2.24) is 20.6 Å². The quantitative estimate of drug-likeness (QED) is 0.462. The van der Waals surface area contributed by atoms with E-state index >= 15 is 0 Å². The number of piperidine rings is 1. The van der Waals surface area contributed by atoms with Crippen LogP contribution in [0.5, 0.6) is 0 Å². The van der Waals surface area contributed by atoms with Crippen molar-refractivity contribution in [2.45, 2.75) is 51.7 Å². The number of pyridine rings is 2. The van der Waals surface area contributed by atoms with Crippen molar-refractivity contribution in [2.24, 2.45) is 0 Å². The molecule has 11 heteroatoms. The van der Waals surface area contributed by atoms with Gasteiger partial charge in [-0.15, -0.1) is 0 Å². The second kappa shape index (κ2) is 9.88. The molecule has 2 aromatic rings. The van der Waals surface area contributed by atoms with Crippen LogP contribution in [-0.4, -0.2) is 66.5 Å². The van der Waals surface area contributed by atoms with E-state index < -0.39 is 23.2 Å². The predicted molar refractivity (Wildman–Crippen MR) is 130 cm³/mol. The lowest BCUT2D eigenvalue weighted by atomic mass is 9.92. The molecule has 0 atom stereocenters. The van der Waals surface area contributed by atoms with Gasteiger partial charge in [0.15, 0.2) is 0 Å². The van der Waals surface area contributed by atoms with Gasteiger partial charge in [-0.25, -0.2) is 9.78 Å². The summed E-state index contributed by atoms with van der Waals surface area (Å²) in [4.78, 5) is 45.8. The van der Waals surface area contributed by atoms with Crippen LogP contribution in [0.15, 0.2) is 17.1 Å². The molecule has 11 nitrogen and oxygen atoms in total. The molecule has 0 unspecified atom stereocenters. The molecular formula is C23H34N6O5. The minimum Gasteiger partial charge on any atom is -0.444 e. The van der Waals surface area contributed by atoms with E-state index in [0.717, 1.165) is 12.8 Å². The number of carbonyl (C=O) groups excluding carboxylic acids is 2. The number of nitrogen functional groups attached to an aromatic ring is 1. The van der Waals surface area contributed by atoms with Gasteiger partial charge in [-0.05, 0) is 46.6 Å². The van der Waals surface area contributed by atoms with E-state index in [-0.39, 0.29) is 30.1 Å². The molecular weight excluding hydrogens is 440 g/mol. The number of hydrogen-bond acceptors (Lipinski definition) is 8. The first-order valence-corrected chi connectivity index (χ1v) is 11.3. The smallest absolute Gasteiger partial charge is 0.407 e. The lowest BCUT2D eigenvalue weighted by Gasteiger charge is -2.40. The summed E-state index contributed by atoms with van der Waals surface area (Å²) in [5.41, 5.74) is 6.35. The number of ether oxygens (including phenoxy) is 2. The van der Waals surface area contributed by atoms with Crippen LogP contribution in [0, 0.1) is 0 Å². The molecule has 0 bridgehead atoms. The van der Waals surface area contributed by atoms with Gasteiger partial charge in [0.25, 0.3) is 11.5 Å². The van der Waals surface area contributed by atoms with E-state index in [1.807, 2.05) is 0 Å². The van der Waals surface area contributed by atoms with Crippen molar-refractivity contribution >= 4 is 34.3 Å². The number of alkyl carbamates (subject to hydrolysis) is 1. The summed E-state index contributed by atoms with van der Waals surface area (Å²) in [5.74, 6) is -0.408. The molecule has 0 aromatic carbocycles. The Morgan fingerprint density at radius 3 is 2.50 bits per heavy atom. The number of rotatable bonds is 6. The number of methoxy groups -OCH3 is 1. The Bertz CT molecular complexity index is 1120. The Hall–Kier alpha value is -3.34. The lowest BCUT2D eigenvalue weighted by molar-refractivity contribution is -0.0132. The third kappa shape index (κ3) is 5.96. The molecule has 34 heavy (non-hydrogen) atoms. The normalized spacial score (nSPS) is 15.7. The van der Waals surface area contributed by atoms with Gasteiger partial charge >= 0.3 is 6.09 Å². The molecule has 3 heterocycles.